The van der Waals surface area contributed by atoms with E-state index in [4.69, 9.17) is 10.5 Å². The molecule has 1 aliphatic rings. The van der Waals surface area contributed by atoms with E-state index < -0.39 is 0 Å². The Morgan fingerprint density at radius 1 is 1.47 bits per heavy atom. The van der Waals surface area contributed by atoms with Gasteiger partial charge in [-0.1, -0.05) is 12.1 Å². The van der Waals surface area contributed by atoms with Gasteiger partial charge in [-0.25, -0.2) is 4.39 Å². The number of ether oxygens (including phenoxy) is 1. The molecule has 3 heteroatoms. The zero-order valence-corrected chi connectivity index (χ0v) is 8.66. The molecule has 0 spiro atoms. The maximum Gasteiger partial charge on any atom is 0.126 e. The first kappa shape index (κ1) is 10.2. The minimum absolute atomic E-state index is 0.202. The van der Waals surface area contributed by atoms with Crippen LogP contribution in [0, 0.1) is 12.7 Å². The van der Waals surface area contributed by atoms with Crippen LogP contribution >= 0.6 is 0 Å². The van der Waals surface area contributed by atoms with Crippen molar-refractivity contribution in [3.8, 4) is 0 Å². The van der Waals surface area contributed by atoms with Crippen LogP contribution in [0.25, 0.3) is 0 Å². The average Bonchev–Trinajstić information content (AvgIpc) is 2.74. The Hall–Kier alpha value is -1.35. The molecule has 0 aliphatic carbocycles. The van der Waals surface area contributed by atoms with Gasteiger partial charge in [-0.15, -0.1) is 0 Å². The van der Waals surface area contributed by atoms with Crippen molar-refractivity contribution in [2.24, 2.45) is 5.73 Å². The van der Waals surface area contributed by atoms with Crippen molar-refractivity contribution < 1.29 is 9.13 Å². The van der Waals surface area contributed by atoms with Gasteiger partial charge >= 0.3 is 0 Å². The predicted molar refractivity (Wildman–Crippen MR) is 56.7 cm³/mol. The largest absolute Gasteiger partial charge is 0.496 e. The van der Waals surface area contributed by atoms with Gasteiger partial charge in [0.15, 0.2) is 0 Å². The van der Waals surface area contributed by atoms with Gasteiger partial charge in [0.05, 0.1) is 12.6 Å². The lowest BCUT2D eigenvalue weighted by Crippen LogP contribution is -2.13. The summed E-state index contributed by atoms with van der Waals surface area (Å²) in [6.45, 7) is 2.43. The molecule has 0 aromatic heterocycles. The number of hydrogen-bond donors (Lipinski definition) is 1. The summed E-state index contributed by atoms with van der Waals surface area (Å²) in [6, 6.07) is 4.64. The van der Waals surface area contributed by atoms with Crippen LogP contribution in [0.2, 0.25) is 0 Å². The van der Waals surface area contributed by atoms with Gasteiger partial charge in [-0.2, -0.15) is 0 Å². The molecule has 2 N–H and O–H groups in total. The van der Waals surface area contributed by atoms with Crippen LogP contribution in [0.1, 0.15) is 23.6 Å². The van der Waals surface area contributed by atoms with Crippen molar-refractivity contribution in [3.05, 3.63) is 47.0 Å². The van der Waals surface area contributed by atoms with Gasteiger partial charge in [0, 0.05) is 6.42 Å². The lowest BCUT2D eigenvalue weighted by atomic mass is 10.0. The Morgan fingerprint density at radius 2 is 2.27 bits per heavy atom. The fraction of sp³-hybridized carbons (Fsp3) is 0.333. The minimum atomic E-state index is -0.271. The highest BCUT2D eigenvalue weighted by Gasteiger charge is 2.17. The van der Waals surface area contributed by atoms with Gasteiger partial charge < -0.3 is 10.5 Å². The van der Waals surface area contributed by atoms with E-state index >= 15 is 0 Å². The molecule has 0 radical (unpaired) electrons. The molecule has 1 aromatic rings. The third-order valence-electron chi connectivity index (χ3n) is 2.58. The fourth-order valence-electron chi connectivity index (χ4n) is 1.68. The number of rotatable bonds is 2. The summed E-state index contributed by atoms with van der Waals surface area (Å²) in [7, 11) is 0. The first-order valence-corrected chi connectivity index (χ1v) is 5.03. The Kier molecular flexibility index (Phi) is 2.73. The summed E-state index contributed by atoms with van der Waals surface area (Å²) in [6.07, 6.45) is 2.90. The van der Waals surface area contributed by atoms with E-state index in [0.717, 1.165) is 17.7 Å². The molecule has 80 valence electrons. The first-order chi connectivity index (χ1) is 7.18. The van der Waals surface area contributed by atoms with Crippen LogP contribution in [0.3, 0.4) is 0 Å². The van der Waals surface area contributed by atoms with E-state index in [9.17, 15) is 4.39 Å². The number of halogens is 1. The van der Waals surface area contributed by atoms with Crippen LogP contribution in [-0.4, -0.2) is 6.61 Å². The van der Waals surface area contributed by atoms with Crippen LogP contribution < -0.4 is 5.73 Å². The summed E-state index contributed by atoms with van der Waals surface area (Å²) in [5.74, 6) is 0.591. The SMILES string of the molecule is Cc1cc(C(N)C2=CCCO2)ccc1F. The second-order valence-corrected chi connectivity index (χ2v) is 3.73. The quantitative estimate of drug-likeness (QED) is 0.808. The smallest absolute Gasteiger partial charge is 0.126 e. The van der Waals surface area contributed by atoms with Crippen molar-refractivity contribution in [3.63, 3.8) is 0 Å². The van der Waals surface area contributed by atoms with Gasteiger partial charge in [-0.05, 0) is 30.2 Å². The van der Waals surface area contributed by atoms with Crippen molar-refractivity contribution in [2.75, 3.05) is 6.61 Å². The zero-order chi connectivity index (χ0) is 10.8. The van der Waals surface area contributed by atoms with Gasteiger partial charge in [0.1, 0.15) is 11.6 Å². The Balaban J connectivity index is 2.25. The maximum atomic E-state index is 13.1. The van der Waals surface area contributed by atoms with Crippen molar-refractivity contribution in [2.45, 2.75) is 19.4 Å². The normalized spacial score (nSPS) is 17.1. The van der Waals surface area contributed by atoms with E-state index in [-0.39, 0.29) is 11.9 Å². The highest BCUT2D eigenvalue weighted by atomic mass is 19.1. The standard InChI is InChI=1S/C12H14FNO/c1-8-7-9(4-5-10(8)13)12(14)11-3-2-6-15-11/h3-5,7,12H,2,6,14H2,1H3. The van der Waals surface area contributed by atoms with E-state index in [0.29, 0.717) is 12.2 Å². The van der Waals surface area contributed by atoms with Gasteiger partial charge in [0.2, 0.25) is 0 Å². The second-order valence-electron chi connectivity index (χ2n) is 3.73. The molecule has 0 bridgehead atoms. The topological polar surface area (TPSA) is 35.2 Å². The molecule has 2 rings (SSSR count). The summed E-state index contributed by atoms with van der Waals surface area (Å²) in [5.41, 5.74) is 7.51. The average molecular weight is 207 g/mol. The Morgan fingerprint density at radius 3 is 2.87 bits per heavy atom. The molecule has 0 amide bonds. The predicted octanol–water partition coefficient (Wildman–Crippen LogP) is 2.44. The van der Waals surface area contributed by atoms with Crippen LogP contribution in [0.15, 0.2) is 30.0 Å². The molecule has 0 saturated heterocycles. The number of benzene rings is 1. The third kappa shape index (κ3) is 2.02. The fourth-order valence-corrected chi connectivity index (χ4v) is 1.68. The number of aryl methyl sites for hydroxylation is 1. The maximum absolute atomic E-state index is 13.1. The third-order valence-corrected chi connectivity index (χ3v) is 2.58. The van der Waals surface area contributed by atoms with Crippen molar-refractivity contribution in [1.29, 1.82) is 0 Å². The lowest BCUT2D eigenvalue weighted by Gasteiger charge is -2.14. The summed E-state index contributed by atoms with van der Waals surface area (Å²) in [4.78, 5) is 0. The molecule has 15 heavy (non-hydrogen) atoms. The van der Waals surface area contributed by atoms with Crippen molar-refractivity contribution >= 4 is 0 Å². The van der Waals surface area contributed by atoms with Gasteiger partial charge in [-0.3, -0.25) is 0 Å². The Labute approximate surface area is 88.5 Å². The monoisotopic (exact) mass is 207 g/mol. The molecule has 2 nitrogen and oxygen atoms in total. The summed E-state index contributed by atoms with van der Waals surface area (Å²) >= 11 is 0. The molecule has 1 heterocycles. The number of nitrogens with two attached hydrogens (primary N) is 1. The second kappa shape index (κ2) is 4.03. The van der Waals surface area contributed by atoms with Crippen LogP contribution in [0.4, 0.5) is 4.39 Å². The summed E-state index contributed by atoms with van der Waals surface area (Å²) < 4.78 is 18.4. The van der Waals surface area contributed by atoms with Crippen LogP contribution in [0.5, 0.6) is 0 Å². The zero-order valence-electron chi connectivity index (χ0n) is 8.66. The van der Waals surface area contributed by atoms with E-state index in [2.05, 4.69) is 0 Å². The highest BCUT2D eigenvalue weighted by molar-refractivity contribution is 5.30. The minimum Gasteiger partial charge on any atom is -0.496 e. The number of hydrogen-bond acceptors (Lipinski definition) is 2. The molecular weight excluding hydrogens is 193 g/mol. The Bertz CT molecular complexity index is 401. The summed E-state index contributed by atoms with van der Waals surface area (Å²) in [5, 5.41) is 0. The molecular formula is C12H14FNO. The molecule has 1 aliphatic heterocycles. The van der Waals surface area contributed by atoms with Crippen LogP contribution in [-0.2, 0) is 4.74 Å². The molecule has 1 atom stereocenters. The van der Waals surface area contributed by atoms with E-state index in [1.54, 1.807) is 19.1 Å². The van der Waals surface area contributed by atoms with E-state index in [1.165, 1.54) is 6.07 Å². The van der Waals surface area contributed by atoms with Crippen molar-refractivity contribution in [1.82, 2.24) is 0 Å². The molecule has 0 fully saturated rings. The lowest BCUT2D eigenvalue weighted by molar-refractivity contribution is 0.225. The molecule has 0 saturated carbocycles. The van der Waals surface area contributed by atoms with Gasteiger partial charge in [0.25, 0.3) is 0 Å². The molecule has 1 unspecified atom stereocenters. The van der Waals surface area contributed by atoms with E-state index in [1.807, 2.05) is 6.08 Å². The highest BCUT2D eigenvalue weighted by Crippen LogP contribution is 2.25. The first-order valence-electron chi connectivity index (χ1n) is 5.03. The molecule has 1 aromatic carbocycles.